The molecule has 3 atom stereocenters. The minimum absolute atomic E-state index is 0.158. The van der Waals surface area contributed by atoms with Crippen molar-refractivity contribution >= 4 is 25.9 Å². The van der Waals surface area contributed by atoms with Crippen molar-refractivity contribution in [2.24, 2.45) is 11.8 Å². The highest BCUT2D eigenvalue weighted by molar-refractivity contribution is 7.48. The quantitative estimate of drug-likeness (QED) is 0.229. The number of carboxylic acid groups (broad SMARTS) is 1. The molecule has 1 rings (SSSR count). The highest BCUT2D eigenvalue weighted by atomic mass is 31.2. The Bertz CT molecular complexity index is 758. The molecule has 1 aliphatic carbocycles. The van der Waals surface area contributed by atoms with Gasteiger partial charge in [0.1, 0.15) is 5.60 Å². The lowest BCUT2D eigenvalue weighted by atomic mass is 10.1. The summed E-state index contributed by atoms with van der Waals surface area (Å²) in [6.45, 7) is 14.5. The smallest absolute Gasteiger partial charge is 0.478 e. The average molecular weight is 510 g/mol. The van der Waals surface area contributed by atoms with E-state index in [1.54, 1.807) is 62.3 Å². The van der Waals surface area contributed by atoms with E-state index in [-0.39, 0.29) is 18.8 Å². The number of carbonyl (C=O) groups is 3. The molecule has 0 aromatic rings. The summed E-state index contributed by atoms with van der Waals surface area (Å²) < 4.78 is 39.3. The van der Waals surface area contributed by atoms with E-state index in [9.17, 15) is 18.9 Å². The lowest BCUT2D eigenvalue weighted by Crippen LogP contribution is -2.39. The molecule has 2 N–H and O–H groups in total. The molecule has 0 heterocycles. The monoisotopic (exact) mass is 509 g/mol. The van der Waals surface area contributed by atoms with E-state index in [1.165, 1.54) is 0 Å². The minimum Gasteiger partial charge on any atom is -0.481 e. The second-order valence-corrected chi connectivity index (χ2v) is 12.9. The molecule has 0 bridgehead atoms. The number of rotatable bonds is 11. The fraction of sp³-hybridized carbons (Fsp3) is 0.864. The van der Waals surface area contributed by atoms with Gasteiger partial charge in [-0.1, -0.05) is 0 Å². The average Bonchev–Trinajstić information content (AvgIpc) is 3.27. The van der Waals surface area contributed by atoms with Crippen molar-refractivity contribution in [2.45, 2.75) is 104 Å². The lowest BCUT2D eigenvalue weighted by Gasteiger charge is -2.30. The van der Waals surface area contributed by atoms with Crippen LogP contribution >= 0.6 is 7.82 Å². The van der Waals surface area contributed by atoms with Gasteiger partial charge in [-0.3, -0.25) is 18.6 Å². The normalized spacial score (nSPS) is 19.8. The van der Waals surface area contributed by atoms with E-state index in [4.69, 9.17) is 28.2 Å². The standard InChI is InChI=1S/C22H40NO10P/c1-20(2,3)31-17(24)12-15(10-14-11-16(14)18(25)26)23-19(27)29-13-30-34(28,32-21(4,5)6)33-22(7,8)9/h14-16H,10-13H2,1-9H3,(H,23,27)(H,25,26). The zero-order chi connectivity index (χ0) is 26.5. The molecule has 11 nitrogen and oxygen atoms in total. The predicted octanol–water partition coefficient (Wildman–Crippen LogP) is 4.64. The van der Waals surface area contributed by atoms with Crippen LogP contribution in [-0.2, 0) is 37.2 Å². The summed E-state index contributed by atoms with van der Waals surface area (Å²) in [5, 5.41) is 11.7. The molecular formula is C22H40NO10P. The molecule has 1 amide bonds. The van der Waals surface area contributed by atoms with Gasteiger partial charge in [0.05, 0.1) is 23.5 Å². The number of hydrogen-bond donors (Lipinski definition) is 2. The summed E-state index contributed by atoms with van der Waals surface area (Å²) in [4.78, 5) is 35.7. The fourth-order valence-electron chi connectivity index (χ4n) is 3.05. The molecule has 0 aliphatic heterocycles. The number of amides is 1. The maximum atomic E-state index is 13.0. The van der Waals surface area contributed by atoms with Crippen molar-refractivity contribution in [3.63, 3.8) is 0 Å². The number of aliphatic carboxylic acids is 1. The van der Waals surface area contributed by atoms with E-state index in [0.29, 0.717) is 6.42 Å². The van der Waals surface area contributed by atoms with E-state index in [2.05, 4.69) is 5.32 Å². The van der Waals surface area contributed by atoms with Crippen LogP contribution < -0.4 is 5.32 Å². The van der Waals surface area contributed by atoms with Crippen LogP contribution in [0.2, 0.25) is 0 Å². The third kappa shape index (κ3) is 13.3. The number of phosphoric ester groups is 1. The molecule has 3 unspecified atom stereocenters. The van der Waals surface area contributed by atoms with Gasteiger partial charge in [-0.15, -0.1) is 0 Å². The Labute approximate surface area is 201 Å². The van der Waals surface area contributed by atoms with Gasteiger partial charge in [0.15, 0.2) is 0 Å². The van der Waals surface area contributed by atoms with E-state index in [0.717, 1.165) is 0 Å². The Morgan fingerprint density at radius 2 is 1.50 bits per heavy atom. The van der Waals surface area contributed by atoms with Gasteiger partial charge in [0.25, 0.3) is 0 Å². The van der Waals surface area contributed by atoms with Crippen LogP contribution in [0.3, 0.4) is 0 Å². The zero-order valence-electron chi connectivity index (χ0n) is 21.6. The zero-order valence-corrected chi connectivity index (χ0v) is 22.5. The van der Waals surface area contributed by atoms with Gasteiger partial charge in [0, 0.05) is 6.04 Å². The first-order valence-corrected chi connectivity index (χ1v) is 12.7. The van der Waals surface area contributed by atoms with E-state index >= 15 is 0 Å². The van der Waals surface area contributed by atoms with Crippen LogP contribution in [0.1, 0.15) is 81.6 Å². The van der Waals surface area contributed by atoms with Crippen molar-refractivity contribution in [3.8, 4) is 0 Å². The summed E-state index contributed by atoms with van der Waals surface area (Å²) in [5.41, 5.74) is -2.42. The van der Waals surface area contributed by atoms with Crippen molar-refractivity contribution < 1.29 is 47.1 Å². The first-order chi connectivity index (χ1) is 15.2. The highest BCUT2D eigenvalue weighted by Crippen LogP contribution is 2.55. The Hall–Kier alpha value is -1.68. The summed E-state index contributed by atoms with van der Waals surface area (Å²) in [7, 11) is -4.08. The molecule has 0 aromatic heterocycles. The molecule has 0 radical (unpaired) electrons. The lowest BCUT2D eigenvalue weighted by molar-refractivity contribution is -0.155. The summed E-state index contributed by atoms with van der Waals surface area (Å²) in [6.07, 6.45) is -0.351. The van der Waals surface area contributed by atoms with Gasteiger partial charge < -0.3 is 19.9 Å². The topological polar surface area (TPSA) is 147 Å². The summed E-state index contributed by atoms with van der Waals surface area (Å²) >= 11 is 0. The van der Waals surface area contributed by atoms with Crippen molar-refractivity contribution in [1.29, 1.82) is 0 Å². The number of alkyl carbamates (subject to hydrolysis) is 1. The number of hydrogen-bond acceptors (Lipinski definition) is 9. The number of carboxylic acids is 1. The second-order valence-electron chi connectivity index (χ2n) is 11.3. The predicted molar refractivity (Wildman–Crippen MR) is 123 cm³/mol. The van der Waals surface area contributed by atoms with Crippen LogP contribution in [0.25, 0.3) is 0 Å². The van der Waals surface area contributed by atoms with Crippen molar-refractivity contribution in [1.82, 2.24) is 5.32 Å². The number of phosphoric acid groups is 1. The van der Waals surface area contributed by atoms with Gasteiger partial charge in [0.2, 0.25) is 6.79 Å². The fourth-order valence-corrected chi connectivity index (χ4v) is 4.71. The second kappa shape index (κ2) is 11.4. The minimum atomic E-state index is -4.08. The Morgan fingerprint density at radius 1 is 0.971 bits per heavy atom. The summed E-state index contributed by atoms with van der Waals surface area (Å²) in [5.74, 6) is -2.12. The van der Waals surface area contributed by atoms with Crippen LogP contribution in [0, 0.1) is 11.8 Å². The van der Waals surface area contributed by atoms with Crippen molar-refractivity contribution in [3.05, 3.63) is 0 Å². The van der Waals surface area contributed by atoms with E-state index < -0.39 is 61.4 Å². The molecule has 12 heteroatoms. The summed E-state index contributed by atoms with van der Waals surface area (Å²) in [6, 6.07) is -0.708. The Balaban J connectivity index is 2.72. The van der Waals surface area contributed by atoms with Crippen molar-refractivity contribution in [2.75, 3.05) is 6.79 Å². The molecule has 0 aromatic carbocycles. The molecule has 1 fully saturated rings. The number of carbonyl (C=O) groups excluding carboxylic acids is 2. The SMILES string of the molecule is CC(C)(C)OC(=O)CC(CC1CC1C(=O)O)NC(=O)OCOP(=O)(OC(C)(C)C)OC(C)(C)C. The number of ether oxygens (including phenoxy) is 2. The van der Waals surface area contributed by atoms with Gasteiger partial charge >= 0.3 is 25.9 Å². The van der Waals surface area contributed by atoms with Crippen LogP contribution in [0.15, 0.2) is 0 Å². The van der Waals surface area contributed by atoms with Gasteiger partial charge in [-0.2, -0.15) is 0 Å². The first-order valence-electron chi connectivity index (χ1n) is 11.2. The third-order valence-electron chi connectivity index (χ3n) is 4.15. The molecule has 0 spiro atoms. The molecule has 1 aliphatic rings. The molecular weight excluding hydrogens is 469 g/mol. The van der Waals surface area contributed by atoms with Crippen LogP contribution in [-0.4, -0.2) is 52.8 Å². The van der Waals surface area contributed by atoms with Crippen LogP contribution in [0.5, 0.6) is 0 Å². The Morgan fingerprint density at radius 3 is 1.91 bits per heavy atom. The van der Waals surface area contributed by atoms with E-state index in [1.807, 2.05) is 0 Å². The largest absolute Gasteiger partial charge is 0.481 e. The molecule has 34 heavy (non-hydrogen) atoms. The molecule has 1 saturated carbocycles. The molecule has 198 valence electrons. The maximum absolute atomic E-state index is 13.0. The maximum Gasteiger partial charge on any atom is 0.478 e. The number of nitrogens with one attached hydrogen (secondary N) is 1. The first kappa shape index (κ1) is 30.4. The highest BCUT2D eigenvalue weighted by Gasteiger charge is 2.44. The van der Waals surface area contributed by atoms with Crippen LogP contribution in [0.4, 0.5) is 4.79 Å². The third-order valence-corrected chi connectivity index (χ3v) is 6.12. The number of esters is 1. The molecule has 0 saturated heterocycles. The van der Waals surface area contributed by atoms with Gasteiger partial charge in [-0.05, 0) is 81.1 Å². The van der Waals surface area contributed by atoms with Gasteiger partial charge in [-0.25, -0.2) is 13.9 Å². The Kier molecular flexibility index (Phi) is 10.2.